The normalized spacial score (nSPS) is 15.8. The molecule has 0 saturated carbocycles. The molecule has 0 N–H and O–H groups in total. The third-order valence-electron chi connectivity index (χ3n) is 3.64. The minimum absolute atomic E-state index is 0.0525. The fraction of sp³-hybridized carbons (Fsp3) is 0.571. The highest BCUT2D eigenvalue weighted by molar-refractivity contribution is 5.95. The number of carbonyl (C=O) groups is 2. The predicted molar refractivity (Wildman–Crippen MR) is 69.6 cm³/mol. The molecule has 0 radical (unpaired) electrons. The Morgan fingerprint density at radius 3 is 2.44 bits per heavy atom. The minimum Gasteiger partial charge on any atom is -0.342 e. The van der Waals surface area contributed by atoms with Crippen molar-refractivity contribution < 1.29 is 9.59 Å². The van der Waals surface area contributed by atoms with Crippen LogP contribution in [0, 0.1) is 6.92 Å². The Hall–Kier alpha value is -1.58. The summed E-state index contributed by atoms with van der Waals surface area (Å²) in [5.41, 5.74) is 1.59. The zero-order valence-electron chi connectivity index (χ0n) is 11.1. The molecule has 0 bridgehead atoms. The van der Waals surface area contributed by atoms with Crippen molar-refractivity contribution in [1.29, 1.82) is 0 Å². The molecule has 1 amide bonds. The molecule has 0 spiro atoms. The lowest BCUT2D eigenvalue weighted by molar-refractivity contribution is -0.132. The predicted octanol–water partition coefficient (Wildman–Crippen LogP) is 2.01. The van der Waals surface area contributed by atoms with E-state index in [4.69, 9.17) is 0 Å². The van der Waals surface area contributed by atoms with Crippen molar-refractivity contribution in [2.75, 3.05) is 13.1 Å². The van der Waals surface area contributed by atoms with Crippen LogP contribution >= 0.6 is 0 Å². The van der Waals surface area contributed by atoms with Gasteiger partial charge in [0.2, 0.25) is 5.91 Å². The topological polar surface area (TPSA) is 42.3 Å². The van der Waals surface area contributed by atoms with E-state index in [9.17, 15) is 9.59 Å². The first-order valence-electron chi connectivity index (χ1n) is 6.54. The van der Waals surface area contributed by atoms with Gasteiger partial charge in [-0.15, -0.1) is 0 Å². The van der Waals surface area contributed by atoms with Crippen LogP contribution in [0.2, 0.25) is 0 Å². The van der Waals surface area contributed by atoms with Crippen molar-refractivity contribution in [3.63, 3.8) is 0 Å². The molecule has 0 aromatic carbocycles. The fourth-order valence-corrected chi connectivity index (χ4v) is 2.48. The first-order valence-corrected chi connectivity index (χ1v) is 6.54. The number of rotatable bonds is 3. The summed E-state index contributed by atoms with van der Waals surface area (Å²) in [4.78, 5) is 25.4. The third-order valence-corrected chi connectivity index (χ3v) is 3.64. The summed E-state index contributed by atoms with van der Waals surface area (Å²) in [7, 11) is 0. The molecule has 1 aliphatic heterocycles. The van der Waals surface area contributed by atoms with E-state index >= 15 is 0 Å². The Morgan fingerprint density at radius 2 is 1.89 bits per heavy atom. The molecule has 0 unspecified atom stereocenters. The number of ketones is 1. The van der Waals surface area contributed by atoms with Crippen molar-refractivity contribution >= 4 is 11.7 Å². The Bertz CT molecular complexity index is 456. The van der Waals surface area contributed by atoms with E-state index in [1.807, 2.05) is 22.6 Å². The maximum absolute atomic E-state index is 12.1. The largest absolute Gasteiger partial charge is 0.342 e. The first kappa shape index (κ1) is 12.9. The lowest BCUT2D eigenvalue weighted by atomic mass is 10.1. The molecule has 0 aliphatic carbocycles. The smallest absolute Gasteiger partial charge is 0.242 e. The van der Waals surface area contributed by atoms with Gasteiger partial charge in [0, 0.05) is 30.5 Å². The monoisotopic (exact) mass is 248 g/mol. The van der Waals surface area contributed by atoms with Gasteiger partial charge in [0.05, 0.1) is 0 Å². The average Bonchev–Trinajstić information content (AvgIpc) is 2.72. The van der Waals surface area contributed by atoms with Gasteiger partial charge in [0.15, 0.2) is 5.78 Å². The molecule has 1 aromatic rings. The van der Waals surface area contributed by atoms with E-state index in [0.717, 1.165) is 31.6 Å². The molecule has 0 atom stereocenters. The summed E-state index contributed by atoms with van der Waals surface area (Å²) in [6.07, 6.45) is 5.26. The number of aromatic nitrogens is 1. The number of hydrogen-bond donors (Lipinski definition) is 0. The van der Waals surface area contributed by atoms with Crippen LogP contribution in [0.25, 0.3) is 0 Å². The number of amides is 1. The van der Waals surface area contributed by atoms with Crippen LogP contribution in [0.5, 0.6) is 0 Å². The van der Waals surface area contributed by atoms with Crippen molar-refractivity contribution in [3.8, 4) is 0 Å². The minimum atomic E-state index is 0.0525. The molecule has 2 rings (SSSR count). The lowest BCUT2D eigenvalue weighted by Crippen LogP contribution is -2.37. The summed E-state index contributed by atoms with van der Waals surface area (Å²) in [5, 5.41) is 0. The fourth-order valence-electron chi connectivity index (χ4n) is 2.48. The average molecular weight is 248 g/mol. The lowest BCUT2D eigenvalue weighted by Gasteiger charge is -2.27. The quantitative estimate of drug-likeness (QED) is 0.768. The van der Waals surface area contributed by atoms with Gasteiger partial charge in [-0.25, -0.2) is 0 Å². The standard InChI is InChI=1S/C14H20N2O2/c1-11-13(12(2)17)6-9-16(11)10-14(18)15-7-4-3-5-8-15/h6,9H,3-5,7-8,10H2,1-2H3. The second-order valence-corrected chi connectivity index (χ2v) is 4.94. The van der Waals surface area contributed by atoms with E-state index in [2.05, 4.69) is 0 Å². The highest BCUT2D eigenvalue weighted by atomic mass is 16.2. The van der Waals surface area contributed by atoms with Crippen LogP contribution in [0.4, 0.5) is 0 Å². The zero-order valence-corrected chi connectivity index (χ0v) is 11.1. The third kappa shape index (κ3) is 2.63. The van der Waals surface area contributed by atoms with Crippen LogP contribution in [0.1, 0.15) is 42.2 Å². The van der Waals surface area contributed by atoms with E-state index in [0.29, 0.717) is 12.1 Å². The van der Waals surface area contributed by atoms with Gasteiger partial charge in [0.1, 0.15) is 6.54 Å². The number of piperidine rings is 1. The number of carbonyl (C=O) groups excluding carboxylic acids is 2. The van der Waals surface area contributed by atoms with Crippen LogP contribution in [0.3, 0.4) is 0 Å². The van der Waals surface area contributed by atoms with Gasteiger partial charge < -0.3 is 9.47 Å². The van der Waals surface area contributed by atoms with Gasteiger partial charge in [-0.2, -0.15) is 0 Å². The first-order chi connectivity index (χ1) is 8.59. The molecule has 2 heterocycles. The Balaban J connectivity index is 2.04. The Morgan fingerprint density at radius 1 is 1.22 bits per heavy atom. The maximum Gasteiger partial charge on any atom is 0.242 e. The van der Waals surface area contributed by atoms with Gasteiger partial charge in [-0.05, 0) is 39.2 Å². The van der Waals surface area contributed by atoms with Crippen LogP contribution < -0.4 is 0 Å². The Kier molecular flexibility index (Phi) is 3.84. The SMILES string of the molecule is CC(=O)c1ccn(CC(=O)N2CCCCC2)c1C. The van der Waals surface area contributed by atoms with Crippen LogP contribution in [-0.2, 0) is 11.3 Å². The van der Waals surface area contributed by atoms with Crippen LogP contribution in [-0.4, -0.2) is 34.2 Å². The molecule has 1 aliphatic rings. The molecule has 1 fully saturated rings. The summed E-state index contributed by atoms with van der Waals surface area (Å²) in [5.74, 6) is 0.208. The van der Waals surface area contributed by atoms with E-state index in [-0.39, 0.29) is 11.7 Å². The van der Waals surface area contributed by atoms with Crippen molar-refractivity contribution in [3.05, 3.63) is 23.5 Å². The molecule has 4 heteroatoms. The summed E-state index contributed by atoms with van der Waals surface area (Å²) in [6.45, 7) is 5.54. The highest BCUT2D eigenvalue weighted by Gasteiger charge is 2.18. The van der Waals surface area contributed by atoms with Crippen LogP contribution in [0.15, 0.2) is 12.3 Å². The number of likely N-dealkylation sites (tertiary alicyclic amines) is 1. The molecule has 98 valence electrons. The second kappa shape index (κ2) is 5.38. The molecule has 4 nitrogen and oxygen atoms in total. The van der Waals surface area contributed by atoms with Crippen molar-refractivity contribution in [2.45, 2.75) is 39.7 Å². The van der Waals surface area contributed by atoms with E-state index < -0.39 is 0 Å². The molecular formula is C14H20N2O2. The summed E-state index contributed by atoms with van der Waals surface area (Å²) in [6, 6.07) is 1.79. The van der Waals surface area contributed by atoms with Gasteiger partial charge in [-0.1, -0.05) is 0 Å². The number of hydrogen-bond acceptors (Lipinski definition) is 2. The van der Waals surface area contributed by atoms with Gasteiger partial charge in [-0.3, -0.25) is 9.59 Å². The zero-order chi connectivity index (χ0) is 13.1. The molecule has 18 heavy (non-hydrogen) atoms. The van der Waals surface area contributed by atoms with Gasteiger partial charge >= 0.3 is 0 Å². The van der Waals surface area contributed by atoms with Crippen molar-refractivity contribution in [1.82, 2.24) is 9.47 Å². The molecular weight excluding hydrogens is 228 g/mol. The summed E-state index contributed by atoms with van der Waals surface area (Å²) >= 11 is 0. The molecule has 1 aromatic heterocycles. The van der Waals surface area contributed by atoms with Crippen molar-refractivity contribution in [2.24, 2.45) is 0 Å². The van der Waals surface area contributed by atoms with E-state index in [1.54, 1.807) is 13.0 Å². The van der Waals surface area contributed by atoms with E-state index in [1.165, 1.54) is 6.42 Å². The number of nitrogens with zero attached hydrogens (tertiary/aromatic N) is 2. The number of Topliss-reactive ketones (excluding diaryl/α,β-unsaturated/α-hetero) is 1. The maximum atomic E-state index is 12.1. The Labute approximate surface area is 108 Å². The summed E-state index contributed by atoms with van der Waals surface area (Å²) < 4.78 is 1.87. The molecule has 1 saturated heterocycles. The van der Waals surface area contributed by atoms with Gasteiger partial charge in [0.25, 0.3) is 0 Å². The highest BCUT2D eigenvalue weighted by Crippen LogP contribution is 2.13. The second-order valence-electron chi connectivity index (χ2n) is 4.94.